The highest BCUT2D eigenvalue weighted by Crippen LogP contribution is 2.43. The predicted molar refractivity (Wildman–Crippen MR) is 112 cm³/mol. The van der Waals surface area contributed by atoms with Gasteiger partial charge in [0.1, 0.15) is 11.8 Å². The molecular weight excluding hydrogens is 370 g/mol. The van der Waals surface area contributed by atoms with Crippen molar-refractivity contribution in [3.05, 3.63) is 29.8 Å². The van der Waals surface area contributed by atoms with Gasteiger partial charge in [0.25, 0.3) is 0 Å². The third kappa shape index (κ3) is 4.42. The summed E-state index contributed by atoms with van der Waals surface area (Å²) in [5, 5.41) is 9.80. The molecule has 1 fully saturated rings. The number of likely N-dealkylation sites (tertiary alicyclic amines) is 1. The molecule has 0 aliphatic carbocycles. The molecule has 1 heterocycles. The van der Waals surface area contributed by atoms with Crippen molar-refractivity contribution in [1.82, 2.24) is 4.90 Å². The number of benzene rings is 1. The number of β-lactam (4-membered cyclic amide) rings is 1. The Bertz CT molecular complexity index is 737. The summed E-state index contributed by atoms with van der Waals surface area (Å²) in [5.41, 5.74) is 0.203. The summed E-state index contributed by atoms with van der Waals surface area (Å²) < 4.78 is 11.6. The smallest absolute Gasteiger partial charge is 0.327 e. The quantitative estimate of drug-likeness (QED) is 0.662. The minimum Gasteiger partial charge on any atom is -0.497 e. The first-order valence-corrected chi connectivity index (χ1v) is 10.2. The van der Waals surface area contributed by atoms with Crippen molar-refractivity contribution in [2.75, 3.05) is 7.11 Å². The first-order valence-electron chi connectivity index (χ1n) is 10.2. The van der Waals surface area contributed by atoms with Crippen molar-refractivity contribution in [2.45, 2.75) is 72.8 Å². The van der Waals surface area contributed by atoms with Gasteiger partial charge in [-0.15, -0.1) is 0 Å². The highest BCUT2D eigenvalue weighted by Gasteiger charge is 2.56. The van der Waals surface area contributed by atoms with Gasteiger partial charge in [0.05, 0.1) is 24.7 Å². The van der Waals surface area contributed by atoms with E-state index in [1.54, 1.807) is 19.2 Å². The molecule has 162 valence electrons. The lowest BCUT2D eigenvalue weighted by Gasteiger charge is -2.52. The van der Waals surface area contributed by atoms with Crippen LogP contribution in [0.1, 0.15) is 54.0 Å². The molecule has 6 nitrogen and oxygen atoms in total. The number of methoxy groups -OCH3 is 1. The monoisotopic (exact) mass is 405 g/mol. The van der Waals surface area contributed by atoms with Crippen LogP contribution >= 0.6 is 0 Å². The number of ether oxygens (including phenoxy) is 2. The van der Waals surface area contributed by atoms with Gasteiger partial charge < -0.3 is 19.5 Å². The second kappa shape index (κ2) is 8.34. The number of carboxylic acid groups (broad SMARTS) is 1. The van der Waals surface area contributed by atoms with E-state index >= 15 is 0 Å². The fourth-order valence-corrected chi connectivity index (χ4v) is 4.06. The molecule has 0 saturated carbocycles. The van der Waals surface area contributed by atoms with E-state index in [1.165, 1.54) is 4.90 Å². The van der Waals surface area contributed by atoms with Crippen molar-refractivity contribution in [3.8, 4) is 5.75 Å². The molecule has 1 aromatic carbocycles. The molecule has 4 atom stereocenters. The van der Waals surface area contributed by atoms with E-state index in [2.05, 4.69) is 34.6 Å². The minimum atomic E-state index is -0.999. The zero-order valence-corrected chi connectivity index (χ0v) is 18.9. The van der Waals surface area contributed by atoms with Gasteiger partial charge in [-0.05, 0) is 42.9 Å². The molecule has 2 rings (SSSR count). The van der Waals surface area contributed by atoms with E-state index in [9.17, 15) is 14.7 Å². The number of carboxylic acids is 1. The second-order valence-electron chi connectivity index (χ2n) is 9.46. The van der Waals surface area contributed by atoms with E-state index < -0.39 is 29.6 Å². The summed E-state index contributed by atoms with van der Waals surface area (Å²) in [6.07, 6.45) is -0.498. The number of hydrogen-bond donors (Lipinski definition) is 1. The van der Waals surface area contributed by atoms with Gasteiger partial charge in [-0.25, -0.2) is 4.79 Å². The summed E-state index contributed by atoms with van der Waals surface area (Å²) in [7, 11) is 1.59. The normalized spacial score (nSPS) is 22.8. The molecule has 29 heavy (non-hydrogen) atoms. The van der Waals surface area contributed by atoms with Gasteiger partial charge in [-0.3, -0.25) is 4.79 Å². The second-order valence-corrected chi connectivity index (χ2v) is 9.46. The van der Waals surface area contributed by atoms with Gasteiger partial charge in [-0.1, -0.05) is 46.8 Å². The van der Waals surface area contributed by atoms with Gasteiger partial charge in [0.2, 0.25) is 5.91 Å². The number of aliphatic carboxylic acids is 1. The Labute approximate surface area is 174 Å². The Morgan fingerprint density at radius 1 is 1.14 bits per heavy atom. The maximum Gasteiger partial charge on any atom is 0.327 e. The number of carbonyl (C=O) groups excluding carboxylic acids is 1. The van der Waals surface area contributed by atoms with Crippen LogP contribution in [-0.2, 0) is 20.9 Å². The van der Waals surface area contributed by atoms with E-state index in [0.29, 0.717) is 5.75 Å². The first-order chi connectivity index (χ1) is 13.3. The van der Waals surface area contributed by atoms with Crippen LogP contribution < -0.4 is 4.74 Å². The maximum atomic E-state index is 12.9. The van der Waals surface area contributed by atoms with Crippen molar-refractivity contribution in [3.63, 3.8) is 0 Å². The standard InChI is InChI=1S/C23H35NO5/c1-14(2)23(7,22(4,5)6)29-15(3)18-19(21(26)27)24(20(18)25)13-16-9-11-17(28-8)12-10-16/h9-12,14-15,18-19H,13H2,1-8H3,(H,26,27)/t15?,18-,19+,23?/m1/s1. The van der Waals surface area contributed by atoms with E-state index in [0.717, 1.165) is 5.56 Å². The van der Waals surface area contributed by atoms with E-state index in [-0.39, 0.29) is 23.8 Å². The van der Waals surface area contributed by atoms with Crippen molar-refractivity contribution in [1.29, 1.82) is 0 Å². The Kier molecular flexibility index (Phi) is 6.68. The third-order valence-electron chi connectivity index (χ3n) is 6.54. The molecule has 1 N–H and O–H groups in total. The van der Waals surface area contributed by atoms with Crippen LogP contribution in [0.25, 0.3) is 0 Å². The third-order valence-corrected chi connectivity index (χ3v) is 6.54. The summed E-state index contributed by atoms with van der Waals surface area (Å²) in [5.74, 6) is -0.945. The van der Waals surface area contributed by atoms with Crippen LogP contribution in [-0.4, -0.2) is 46.7 Å². The van der Waals surface area contributed by atoms with Crippen LogP contribution in [0.15, 0.2) is 24.3 Å². The summed E-state index contributed by atoms with van der Waals surface area (Å²) in [6.45, 7) is 14.6. The van der Waals surface area contributed by atoms with Crippen LogP contribution in [0.2, 0.25) is 0 Å². The molecule has 0 bridgehead atoms. The lowest BCUT2D eigenvalue weighted by atomic mass is 9.70. The molecule has 0 spiro atoms. The predicted octanol–water partition coefficient (Wildman–Crippen LogP) is 3.97. The highest BCUT2D eigenvalue weighted by atomic mass is 16.5. The average Bonchev–Trinajstić information content (AvgIpc) is 2.62. The SMILES string of the molecule is COc1ccc(CN2C(=O)[C@H](C(C)OC(C)(C(C)C)C(C)(C)C)[C@H]2C(=O)O)cc1. The van der Waals surface area contributed by atoms with E-state index in [1.807, 2.05) is 26.0 Å². The van der Waals surface area contributed by atoms with Gasteiger partial charge in [0.15, 0.2) is 0 Å². The van der Waals surface area contributed by atoms with Crippen molar-refractivity contribution >= 4 is 11.9 Å². The zero-order valence-electron chi connectivity index (χ0n) is 18.9. The van der Waals surface area contributed by atoms with E-state index in [4.69, 9.17) is 9.47 Å². The Balaban J connectivity index is 2.18. The molecule has 1 aliphatic rings. The molecule has 1 amide bonds. The molecule has 1 saturated heterocycles. The van der Waals surface area contributed by atoms with Gasteiger partial charge >= 0.3 is 5.97 Å². The highest BCUT2D eigenvalue weighted by molar-refractivity contribution is 5.97. The Morgan fingerprint density at radius 3 is 2.10 bits per heavy atom. The summed E-state index contributed by atoms with van der Waals surface area (Å²) in [6, 6.07) is 6.39. The molecule has 1 aliphatic heterocycles. The van der Waals surface area contributed by atoms with Crippen molar-refractivity contribution < 1.29 is 24.2 Å². The summed E-state index contributed by atoms with van der Waals surface area (Å²) >= 11 is 0. The number of hydrogen-bond acceptors (Lipinski definition) is 4. The van der Waals surface area contributed by atoms with Crippen LogP contribution in [0, 0.1) is 17.3 Å². The molecule has 2 unspecified atom stereocenters. The van der Waals surface area contributed by atoms with Crippen LogP contribution in [0.3, 0.4) is 0 Å². The molecular formula is C23H35NO5. The number of nitrogens with zero attached hydrogens (tertiary/aromatic N) is 1. The molecule has 0 radical (unpaired) electrons. The number of carbonyl (C=O) groups is 2. The topological polar surface area (TPSA) is 76.1 Å². The minimum absolute atomic E-state index is 0.163. The van der Waals surface area contributed by atoms with Gasteiger partial charge in [-0.2, -0.15) is 0 Å². The molecule has 0 aromatic heterocycles. The Hall–Kier alpha value is -2.08. The zero-order chi connectivity index (χ0) is 22.1. The van der Waals surface area contributed by atoms with Crippen LogP contribution in [0.4, 0.5) is 0 Å². The molecule has 6 heteroatoms. The molecule has 1 aromatic rings. The largest absolute Gasteiger partial charge is 0.497 e. The van der Waals surface area contributed by atoms with Crippen LogP contribution in [0.5, 0.6) is 5.75 Å². The van der Waals surface area contributed by atoms with Crippen molar-refractivity contribution in [2.24, 2.45) is 17.3 Å². The number of amides is 1. The Morgan fingerprint density at radius 2 is 1.69 bits per heavy atom. The maximum absolute atomic E-state index is 12.9. The lowest BCUT2D eigenvalue weighted by Crippen LogP contribution is -2.68. The fraction of sp³-hybridized carbons (Fsp3) is 0.652. The number of rotatable bonds is 8. The lowest BCUT2D eigenvalue weighted by molar-refractivity contribution is -0.209. The summed E-state index contributed by atoms with van der Waals surface area (Å²) in [4.78, 5) is 26.3. The first kappa shape index (κ1) is 23.2. The average molecular weight is 406 g/mol. The van der Waals surface area contributed by atoms with Gasteiger partial charge in [0, 0.05) is 6.54 Å². The fourth-order valence-electron chi connectivity index (χ4n) is 4.06.